The Hall–Kier alpha value is -0.120. The molecule has 3 heteroatoms. The average Bonchev–Trinajstić information content (AvgIpc) is 2.28. The van der Waals surface area contributed by atoms with E-state index in [2.05, 4.69) is 39.8 Å². The van der Waals surface area contributed by atoms with Crippen LogP contribution in [0.5, 0.6) is 0 Å². The molecule has 3 nitrogen and oxygen atoms in total. The summed E-state index contributed by atoms with van der Waals surface area (Å²) in [7, 11) is 4.16. The standard InChI is InChI=1S/C15H32N2O/c1-14(2,3)13-6-8-15(12-16,9-7-13)18-11-10-17(4)5/h13H,6-12,16H2,1-5H3. The van der Waals surface area contributed by atoms with Crippen LogP contribution in [0.15, 0.2) is 0 Å². The summed E-state index contributed by atoms with van der Waals surface area (Å²) in [4.78, 5) is 2.16. The molecule has 1 rings (SSSR count). The van der Waals surface area contributed by atoms with Crippen LogP contribution in [0.1, 0.15) is 46.5 Å². The summed E-state index contributed by atoms with van der Waals surface area (Å²) in [5.41, 5.74) is 6.35. The second kappa shape index (κ2) is 6.36. The lowest BCUT2D eigenvalue weighted by Gasteiger charge is -2.43. The fraction of sp³-hybridized carbons (Fsp3) is 1.00. The van der Waals surface area contributed by atoms with Gasteiger partial charge >= 0.3 is 0 Å². The van der Waals surface area contributed by atoms with E-state index < -0.39 is 0 Å². The average molecular weight is 256 g/mol. The first kappa shape index (κ1) is 15.9. The fourth-order valence-electron chi connectivity index (χ4n) is 2.86. The molecule has 0 aromatic carbocycles. The second-order valence-corrected chi connectivity index (χ2v) is 7.18. The molecule has 0 aromatic heterocycles. The first-order chi connectivity index (χ1) is 8.29. The summed E-state index contributed by atoms with van der Waals surface area (Å²) >= 11 is 0. The SMILES string of the molecule is CN(C)CCOC1(CN)CCC(C(C)(C)C)CC1. The Balaban J connectivity index is 2.44. The summed E-state index contributed by atoms with van der Waals surface area (Å²) in [6.07, 6.45) is 4.75. The van der Waals surface area contributed by atoms with Gasteiger partial charge in [0.1, 0.15) is 0 Å². The molecule has 0 amide bonds. The summed E-state index contributed by atoms with van der Waals surface area (Å²) in [6.45, 7) is 9.48. The predicted molar refractivity (Wildman–Crippen MR) is 77.7 cm³/mol. The van der Waals surface area contributed by atoms with Gasteiger partial charge in [0.05, 0.1) is 12.2 Å². The maximum absolute atomic E-state index is 6.12. The Morgan fingerprint density at radius 3 is 2.17 bits per heavy atom. The fourth-order valence-corrected chi connectivity index (χ4v) is 2.86. The monoisotopic (exact) mass is 256 g/mol. The van der Waals surface area contributed by atoms with E-state index in [4.69, 9.17) is 10.5 Å². The molecule has 0 radical (unpaired) electrons. The lowest BCUT2D eigenvalue weighted by Crippen LogP contribution is -2.46. The summed E-state index contributed by atoms with van der Waals surface area (Å²) in [5.74, 6) is 0.814. The van der Waals surface area contributed by atoms with Gasteiger partial charge in [0.2, 0.25) is 0 Å². The second-order valence-electron chi connectivity index (χ2n) is 7.18. The molecule has 0 aromatic rings. The highest BCUT2D eigenvalue weighted by atomic mass is 16.5. The Kier molecular flexibility index (Phi) is 5.63. The highest BCUT2D eigenvalue weighted by molar-refractivity contribution is 4.91. The first-order valence-corrected chi connectivity index (χ1v) is 7.28. The van der Waals surface area contributed by atoms with Crippen LogP contribution in [0.2, 0.25) is 0 Å². The van der Waals surface area contributed by atoms with Crippen molar-refractivity contribution in [1.29, 1.82) is 0 Å². The predicted octanol–water partition coefficient (Wildman–Crippen LogP) is 2.50. The van der Waals surface area contributed by atoms with E-state index in [1.54, 1.807) is 0 Å². The Morgan fingerprint density at radius 1 is 1.22 bits per heavy atom. The van der Waals surface area contributed by atoms with Gasteiger partial charge < -0.3 is 15.4 Å². The van der Waals surface area contributed by atoms with E-state index in [-0.39, 0.29) is 5.60 Å². The highest BCUT2D eigenvalue weighted by Crippen LogP contribution is 2.42. The number of hydrogen-bond donors (Lipinski definition) is 1. The minimum absolute atomic E-state index is 0.0439. The minimum atomic E-state index is -0.0439. The van der Waals surface area contributed by atoms with Crippen LogP contribution < -0.4 is 5.73 Å². The van der Waals surface area contributed by atoms with Gasteiger partial charge in [-0.2, -0.15) is 0 Å². The highest BCUT2D eigenvalue weighted by Gasteiger charge is 2.38. The zero-order valence-corrected chi connectivity index (χ0v) is 13.0. The van der Waals surface area contributed by atoms with Crippen LogP contribution in [0.4, 0.5) is 0 Å². The van der Waals surface area contributed by atoms with Gasteiger partial charge in [0.25, 0.3) is 0 Å². The third-order valence-electron chi connectivity index (χ3n) is 4.44. The maximum atomic E-state index is 6.12. The molecule has 0 saturated heterocycles. The molecular formula is C15H32N2O. The van der Waals surface area contributed by atoms with E-state index in [0.717, 1.165) is 31.9 Å². The third-order valence-corrected chi connectivity index (χ3v) is 4.44. The van der Waals surface area contributed by atoms with Crippen LogP contribution in [0, 0.1) is 11.3 Å². The lowest BCUT2D eigenvalue weighted by atomic mass is 9.68. The number of nitrogens with zero attached hydrogens (tertiary/aromatic N) is 1. The molecule has 1 aliphatic rings. The molecule has 108 valence electrons. The van der Waals surface area contributed by atoms with Crippen LogP contribution >= 0.6 is 0 Å². The Bertz CT molecular complexity index is 237. The number of likely N-dealkylation sites (N-methyl/N-ethyl adjacent to an activating group) is 1. The zero-order chi connectivity index (χ0) is 13.8. The molecule has 0 bridgehead atoms. The van der Waals surface area contributed by atoms with Crippen molar-refractivity contribution in [3.63, 3.8) is 0 Å². The Labute approximate surface area is 113 Å². The van der Waals surface area contributed by atoms with Crippen molar-refractivity contribution in [3.8, 4) is 0 Å². The molecule has 0 atom stereocenters. The Morgan fingerprint density at radius 2 is 1.78 bits per heavy atom. The molecule has 0 heterocycles. The quantitative estimate of drug-likeness (QED) is 0.821. The van der Waals surface area contributed by atoms with Crippen molar-refractivity contribution >= 4 is 0 Å². The number of nitrogens with two attached hydrogens (primary N) is 1. The lowest BCUT2D eigenvalue weighted by molar-refractivity contribution is -0.0823. The molecule has 1 saturated carbocycles. The van der Waals surface area contributed by atoms with E-state index in [1.807, 2.05) is 0 Å². The third kappa shape index (κ3) is 4.52. The van der Waals surface area contributed by atoms with Crippen molar-refractivity contribution in [2.45, 2.75) is 52.1 Å². The normalized spacial score (nSPS) is 29.8. The van der Waals surface area contributed by atoms with Crippen molar-refractivity contribution in [3.05, 3.63) is 0 Å². The van der Waals surface area contributed by atoms with Gasteiger partial charge in [-0.05, 0) is 51.1 Å². The van der Waals surface area contributed by atoms with Crippen LogP contribution in [-0.4, -0.2) is 44.3 Å². The molecule has 0 aliphatic heterocycles. The van der Waals surface area contributed by atoms with Crippen molar-refractivity contribution in [1.82, 2.24) is 4.90 Å². The van der Waals surface area contributed by atoms with Gasteiger partial charge in [0, 0.05) is 13.1 Å². The molecule has 0 unspecified atom stereocenters. The van der Waals surface area contributed by atoms with E-state index in [9.17, 15) is 0 Å². The van der Waals surface area contributed by atoms with Gasteiger partial charge in [-0.15, -0.1) is 0 Å². The topological polar surface area (TPSA) is 38.5 Å². The van der Waals surface area contributed by atoms with Gasteiger partial charge in [-0.1, -0.05) is 20.8 Å². The molecule has 18 heavy (non-hydrogen) atoms. The summed E-state index contributed by atoms with van der Waals surface area (Å²) < 4.78 is 6.12. The van der Waals surface area contributed by atoms with Crippen molar-refractivity contribution in [2.24, 2.45) is 17.1 Å². The van der Waals surface area contributed by atoms with E-state index in [0.29, 0.717) is 12.0 Å². The largest absolute Gasteiger partial charge is 0.372 e. The molecular weight excluding hydrogens is 224 g/mol. The minimum Gasteiger partial charge on any atom is -0.372 e. The molecule has 2 N–H and O–H groups in total. The molecule has 1 aliphatic carbocycles. The molecule has 1 fully saturated rings. The van der Waals surface area contributed by atoms with Gasteiger partial charge in [-0.3, -0.25) is 0 Å². The van der Waals surface area contributed by atoms with Gasteiger partial charge in [-0.25, -0.2) is 0 Å². The first-order valence-electron chi connectivity index (χ1n) is 7.28. The number of hydrogen-bond acceptors (Lipinski definition) is 3. The maximum Gasteiger partial charge on any atom is 0.0805 e. The van der Waals surface area contributed by atoms with Crippen LogP contribution in [0.25, 0.3) is 0 Å². The van der Waals surface area contributed by atoms with Crippen LogP contribution in [-0.2, 0) is 4.74 Å². The summed E-state index contributed by atoms with van der Waals surface area (Å²) in [6, 6.07) is 0. The summed E-state index contributed by atoms with van der Waals surface area (Å²) in [5, 5.41) is 0. The van der Waals surface area contributed by atoms with Crippen molar-refractivity contribution < 1.29 is 4.74 Å². The molecule has 0 spiro atoms. The number of rotatable bonds is 5. The van der Waals surface area contributed by atoms with Gasteiger partial charge in [0.15, 0.2) is 0 Å². The van der Waals surface area contributed by atoms with Crippen LogP contribution in [0.3, 0.4) is 0 Å². The van der Waals surface area contributed by atoms with E-state index in [1.165, 1.54) is 12.8 Å². The zero-order valence-electron chi connectivity index (χ0n) is 13.0. The van der Waals surface area contributed by atoms with Crippen molar-refractivity contribution in [2.75, 3.05) is 33.8 Å². The van der Waals surface area contributed by atoms with E-state index >= 15 is 0 Å². The number of ether oxygens (including phenoxy) is 1. The smallest absolute Gasteiger partial charge is 0.0805 e.